The van der Waals surface area contributed by atoms with Gasteiger partial charge >= 0.3 is 5.97 Å². The summed E-state index contributed by atoms with van der Waals surface area (Å²) >= 11 is 0. The molecule has 4 heteroatoms. The summed E-state index contributed by atoms with van der Waals surface area (Å²) in [7, 11) is 0. The van der Waals surface area contributed by atoms with Crippen LogP contribution in [0.4, 0.5) is 0 Å². The summed E-state index contributed by atoms with van der Waals surface area (Å²) in [6.45, 7) is 4.06. The van der Waals surface area contributed by atoms with Gasteiger partial charge in [-0.25, -0.2) is 4.79 Å². The van der Waals surface area contributed by atoms with E-state index >= 15 is 0 Å². The first kappa shape index (κ1) is 14.6. The number of amides is 1. The van der Waals surface area contributed by atoms with E-state index in [4.69, 9.17) is 5.11 Å². The monoisotopic (exact) mass is 275 g/mol. The molecule has 0 heterocycles. The van der Waals surface area contributed by atoms with Gasteiger partial charge < -0.3 is 10.0 Å². The third kappa shape index (κ3) is 3.18. The SMILES string of the molecule is CC(C)N(C(=O)Cc1cccc(C(=O)O)c1)C1CCC1. The predicted octanol–water partition coefficient (Wildman–Crippen LogP) is 2.72. The molecule has 1 aliphatic carbocycles. The number of carbonyl (C=O) groups excluding carboxylic acids is 1. The molecule has 1 saturated carbocycles. The Morgan fingerprint density at radius 2 is 2.05 bits per heavy atom. The Morgan fingerprint density at radius 3 is 2.55 bits per heavy atom. The second-order valence-corrected chi connectivity index (χ2v) is 5.66. The van der Waals surface area contributed by atoms with Gasteiger partial charge in [0.1, 0.15) is 0 Å². The lowest BCUT2D eigenvalue weighted by Crippen LogP contribution is -2.48. The molecule has 1 N–H and O–H groups in total. The van der Waals surface area contributed by atoms with Gasteiger partial charge in [0.2, 0.25) is 5.91 Å². The van der Waals surface area contributed by atoms with Crippen LogP contribution in [0, 0.1) is 0 Å². The third-order valence-electron chi connectivity index (χ3n) is 3.84. The number of nitrogens with zero attached hydrogens (tertiary/aromatic N) is 1. The highest BCUT2D eigenvalue weighted by atomic mass is 16.4. The Labute approximate surface area is 119 Å². The maximum Gasteiger partial charge on any atom is 0.335 e. The van der Waals surface area contributed by atoms with Crippen molar-refractivity contribution in [1.29, 1.82) is 0 Å². The van der Waals surface area contributed by atoms with Gasteiger partial charge in [0.25, 0.3) is 0 Å². The zero-order valence-electron chi connectivity index (χ0n) is 12.0. The molecule has 0 unspecified atom stereocenters. The van der Waals surface area contributed by atoms with E-state index in [-0.39, 0.29) is 23.9 Å². The molecule has 0 aliphatic heterocycles. The first-order valence-electron chi connectivity index (χ1n) is 7.12. The van der Waals surface area contributed by atoms with Crippen molar-refractivity contribution in [2.75, 3.05) is 0 Å². The van der Waals surface area contributed by atoms with Crippen LogP contribution in [0.5, 0.6) is 0 Å². The second-order valence-electron chi connectivity index (χ2n) is 5.66. The highest BCUT2D eigenvalue weighted by Gasteiger charge is 2.30. The Kier molecular flexibility index (Phi) is 4.42. The highest BCUT2D eigenvalue weighted by molar-refractivity contribution is 5.88. The summed E-state index contributed by atoms with van der Waals surface area (Å²) in [6, 6.07) is 7.18. The van der Waals surface area contributed by atoms with Crippen molar-refractivity contribution in [2.45, 2.75) is 51.6 Å². The maximum atomic E-state index is 12.4. The lowest BCUT2D eigenvalue weighted by atomic mass is 9.90. The molecule has 0 spiro atoms. The number of rotatable bonds is 5. The molecule has 1 fully saturated rings. The maximum absolute atomic E-state index is 12.4. The number of hydrogen-bond donors (Lipinski definition) is 1. The normalized spacial score (nSPS) is 14.9. The summed E-state index contributed by atoms with van der Waals surface area (Å²) in [5, 5.41) is 8.98. The first-order valence-corrected chi connectivity index (χ1v) is 7.12. The van der Waals surface area contributed by atoms with Crippen molar-refractivity contribution in [3.8, 4) is 0 Å². The number of aromatic carboxylic acids is 1. The van der Waals surface area contributed by atoms with E-state index in [1.165, 1.54) is 6.42 Å². The molecule has 4 nitrogen and oxygen atoms in total. The third-order valence-corrected chi connectivity index (χ3v) is 3.84. The zero-order valence-corrected chi connectivity index (χ0v) is 12.0. The summed E-state index contributed by atoms with van der Waals surface area (Å²) in [5.74, 6) is -0.869. The molecular weight excluding hydrogens is 254 g/mol. The number of carbonyl (C=O) groups is 2. The van der Waals surface area contributed by atoms with E-state index in [9.17, 15) is 9.59 Å². The van der Waals surface area contributed by atoms with Crippen molar-refractivity contribution in [1.82, 2.24) is 4.90 Å². The predicted molar refractivity (Wildman–Crippen MR) is 76.7 cm³/mol. The summed E-state index contributed by atoms with van der Waals surface area (Å²) in [6.07, 6.45) is 3.63. The minimum Gasteiger partial charge on any atom is -0.478 e. The smallest absolute Gasteiger partial charge is 0.335 e. The fraction of sp³-hybridized carbons (Fsp3) is 0.500. The van der Waals surface area contributed by atoms with E-state index in [1.54, 1.807) is 18.2 Å². The Hall–Kier alpha value is -1.84. The van der Waals surface area contributed by atoms with Crippen LogP contribution >= 0.6 is 0 Å². The van der Waals surface area contributed by atoms with Crippen LogP contribution in [0.25, 0.3) is 0 Å². The number of carboxylic acids is 1. The molecule has 0 bridgehead atoms. The molecule has 2 rings (SSSR count). The molecule has 20 heavy (non-hydrogen) atoms. The molecular formula is C16H21NO3. The van der Waals surface area contributed by atoms with Crippen LogP contribution in [-0.4, -0.2) is 34.0 Å². The van der Waals surface area contributed by atoms with Gasteiger partial charge in [0.15, 0.2) is 0 Å². The van der Waals surface area contributed by atoms with E-state index in [0.717, 1.165) is 18.4 Å². The van der Waals surface area contributed by atoms with Crippen molar-refractivity contribution in [3.05, 3.63) is 35.4 Å². The molecule has 1 aromatic rings. The van der Waals surface area contributed by atoms with Gasteiger partial charge in [-0.1, -0.05) is 12.1 Å². The van der Waals surface area contributed by atoms with Crippen molar-refractivity contribution in [3.63, 3.8) is 0 Å². The van der Waals surface area contributed by atoms with E-state index in [0.29, 0.717) is 6.04 Å². The van der Waals surface area contributed by atoms with Crippen LogP contribution in [0.1, 0.15) is 49.0 Å². The first-order chi connectivity index (χ1) is 9.49. The second kappa shape index (κ2) is 6.07. The van der Waals surface area contributed by atoms with Crippen LogP contribution in [0.3, 0.4) is 0 Å². The number of carboxylic acid groups (broad SMARTS) is 1. The Balaban J connectivity index is 2.09. The van der Waals surface area contributed by atoms with Gasteiger partial charge in [0.05, 0.1) is 12.0 Å². The van der Waals surface area contributed by atoms with Gasteiger partial charge in [0, 0.05) is 12.1 Å². The van der Waals surface area contributed by atoms with Crippen molar-refractivity contribution in [2.24, 2.45) is 0 Å². The van der Waals surface area contributed by atoms with Crippen molar-refractivity contribution < 1.29 is 14.7 Å². The van der Waals surface area contributed by atoms with Crippen LogP contribution in [-0.2, 0) is 11.2 Å². The molecule has 0 aromatic heterocycles. The zero-order chi connectivity index (χ0) is 14.7. The molecule has 1 aromatic carbocycles. The summed E-state index contributed by atoms with van der Waals surface area (Å²) in [4.78, 5) is 25.4. The van der Waals surface area contributed by atoms with E-state index < -0.39 is 5.97 Å². The van der Waals surface area contributed by atoms with Crippen LogP contribution < -0.4 is 0 Å². The van der Waals surface area contributed by atoms with Gasteiger partial charge in [-0.2, -0.15) is 0 Å². The topological polar surface area (TPSA) is 57.6 Å². The van der Waals surface area contributed by atoms with Gasteiger partial charge in [-0.3, -0.25) is 4.79 Å². The Morgan fingerprint density at radius 1 is 1.35 bits per heavy atom. The molecule has 0 atom stereocenters. The number of hydrogen-bond acceptors (Lipinski definition) is 2. The fourth-order valence-corrected chi connectivity index (χ4v) is 2.66. The number of benzene rings is 1. The summed E-state index contributed by atoms with van der Waals surface area (Å²) < 4.78 is 0. The van der Waals surface area contributed by atoms with Crippen LogP contribution in [0.15, 0.2) is 24.3 Å². The average Bonchev–Trinajstić information content (AvgIpc) is 2.33. The average molecular weight is 275 g/mol. The molecule has 1 amide bonds. The van der Waals surface area contributed by atoms with E-state index in [2.05, 4.69) is 0 Å². The molecule has 0 radical (unpaired) electrons. The molecule has 108 valence electrons. The highest BCUT2D eigenvalue weighted by Crippen LogP contribution is 2.27. The Bertz CT molecular complexity index is 506. The van der Waals surface area contributed by atoms with Gasteiger partial charge in [-0.15, -0.1) is 0 Å². The van der Waals surface area contributed by atoms with Crippen LogP contribution in [0.2, 0.25) is 0 Å². The van der Waals surface area contributed by atoms with E-state index in [1.807, 2.05) is 24.8 Å². The van der Waals surface area contributed by atoms with Crippen molar-refractivity contribution >= 4 is 11.9 Å². The minimum absolute atomic E-state index is 0.0900. The molecule has 1 aliphatic rings. The molecule has 0 saturated heterocycles. The fourth-order valence-electron chi connectivity index (χ4n) is 2.66. The summed E-state index contributed by atoms with van der Waals surface area (Å²) in [5.41, 5.74) is 0.995. The minimum atomic E-state index is -0.959. The lowest BCUT2D eigenvalue weighted by Gasteiger charge is -2.40. The quantitative estimate of drug-likeness (QED) is 0.899. The lowest BCUT2D eigenvalue weighted by molar-refractivity contribution is -0.136. The standard InChI is InChI=1S/C16H21NO3/c1-11(2)17(14-7-4-8-14)15(18)10-12-5-3-6-13(9-12)16(19)20/h3,5-6,9,11,14H,4,7-8,10H2,1-2H3,(H,19,20). The van der Waals surface area contributed by atoms with Gasteiger partial charge in [-0.05, 0) is 50.8 Å². The largest absolute Gasteiger partial charge is 0.478 e.